The zero-order valence-corrected chi connectivity index (χ0v) is 23.5. The largest absolute Gasteiger partial charge is 0.414 e. The highest BCUT2D eigenvalue weighted by molar-refractivity contribution is 6.74. The van der Waals surface area contributed by atoms with E-state index in [0.717, 1.165) is 11.8 Å². The van der Waals surface area contributed by atoms with Crippen LogP contribution in [0, 0.1) is 29.1 Å². The lowest BCUT2D eigenvalue weighted by molar-refractivity contribution is -0.128. The van der Waals surface area contributed by atoms with E-state index in [1.807, 2.05) is 0 Å². The first-order chi connectivity index (χ1) is 14.2. The molecule has 31 heavy (non-hydrogen) atoms. The lowest BCUT2D eigenvalue weighted by atomic mass is 9.62. The van der Waals surface area contributed by atoms with Crippen LogP contribution < -0.4 is 0 Å². The Hall–Kier alpha value is -0.163. The van der Waals surface area contributed by atoms with E-state index >= 15 is 0 Å². The summed E-state index contributed by atoms with van der Waals surface area (Å²) in [6.07, 6.45) is 11.9. The first-order valence-corrected chi connectivity index (χ1v) is 15.6. The Morgan fingerprint density at radius 2 is 1.68 bits per heavy atom. The second-order valence-corrected chi connectivity index (χ2v) is 17.5. The van der Waals surface area contributed by atoms with Crippen molar-refractivity contribution in [2.45, 2.75) is 117 Å². The van der Waals surface area contributed by atoms with E-state index in [-0.39, 0.29) is 10.6 Å². The number of rotatable bonds is 9. The second-order valence-electron chi connectivity index (χ2n) is 12.8. The molecule has 2 fully saturated rings. The van der Waals surface area contributed by atoms with Gasteiger partial charge < -0.3 is 13.9 Å². The molecule has 182 valence electrons. The molecule has 0 spiro atoms. The van der Waals surface area contributed by atoms with Gasteiger partial charge in [0.05, 0.1) is 5.60 Å². The molecule has 0 bridgehead atoms. The maximum atomic E-state index is 7.02. The molecule has 0 aromatic rings. The van der Waals surface area contributed by atoms with Gasteiger partial charge in [0.2, 0.25) is 0 Å². The summed E-state index contributed by atoms with van der Waals surface area (Å²) >= 11 is 0. The number of ether oxygens (including phenoxy) is 2. The van der Waals surface area contributed by atoms with Gasteiger partial charge in [-0.05, 0) is 80.8 Å². The van der Waals surface area contributed by atoms with Crippen molar-refractivity contribution in [1.82, 2.24) is 0 Å². The van der Waals surface area contributed by atoms with E-state index in [4.69, 9.17) is 13.9 Å². The highest BCUT2D eigenvalue weighted by atomic mass is 28.4. The van der Waals surface area contributed by atoms with Crippen LogP contribution in [0.15, 0.2) is 12.2 Å². The van der Waals surface area contributed by atoms with Gasteiger partial charge in [0, 0.05) is 19.1 Å². The lowest BCUT2D eigenvalue weighted by Gasteiger charge is -2.49. The molecule has 2 rings (SSSR count). The van der Waals surface area contributed by atoms with Crippen molar-refractivity contribution in [3.05, 3.63) is 12.2 Å². The third-order valence-corrected chi connectivity index (χ3v) is 13.9. The second kappa shape index (κ2) is 9.99. The molecule has 2 saturated carbocycles. The molecular formula is C27H52O3Si. The fourth-order valence-corrected chi connectivity index (χ4v) is 7.16. The average molecular weight is 453 g/mol. The van der Waals surface area contributed by atoms with Crippen LogP contribution in [-0.2, 0) is 13.9 Å². The molecule has 4 heteroatoms. The van der Waals surface area contributed by atoms with Gasteiger partial charge in [0.1, 0.15) is 6.79 Å². The first-order valence-electron chi connectivity index (χ1n) is 12.6. The van der Waals surface area contributed by atoms with Gasteiger partial charge in [-0.1, -0.05) is 60.1 Å². The van der Waals surface area contributed by atoms with Crippen molar-refractivity contribution < 1.29 is 13.9 Å². The van der Waals surface area contributed by atoms with E-state index in [0.29, 0.717) is 30.1 Å². The third kappa shape index (κ3) is 6.05. The SMILES string of the molecule is COCOC(C)(C)[C@@H](C)/C=C/[C@@H](C)[C@H]1CC[C@H]2[C@@H](O[Si](C)(C)C(C)(C)C)CCC[C@]12C. The standard InChI is InChI=1S/C27H52O3Si/c1-20(14-15-21(2)26(6,7)29-19-28-9)22-16-17-23-24(13-12-18-27(22,23)8)30-31(10,11)25(3,4)5/h14-15,20-24H,12-13,16-19H2,1-11H3/b15-14+/t20-,21+,22-,23+,24+,27-/m1/s1. The number of hydrogen-bond acceptors (Lipinski definition) is 3. The zero-order valence-electron chi connectivity index (χ0n) is 22.5. The summed E-state index contributed by atoms with van der Waals surface area (Å²) in [5.74, 6) is 2.39. The van der Waals surface area contributed by atoms with Gasteiger partial charge in [-0.25, -0.2) is 0 Å². The number of fused-ring (bicyclic) bond motifs is 1. The van der Waals surface area contributed by atoms with Crippen LogP contribution in [0.25, 0.3) is 0 Å². The van der Waals surface area contributed by atoms with E-state index in [1.165, 1.54) is 32.1 Å². The Balaban J connectivity index is 2.09. The summed E-state index contributed by atoms with van der Waals surface area (Å²) in [5, 5.41) is 0.280. The predicted octanol–water partition coefficient (Wildman–Crippen LogP) is 7.82. The first kappa shape index (κ1) is 27.1. The molecule has 0 aromatic heterocycles. The van der Waals surface area contributed by atoms with Crippen LogP contribution in [0.1, 0.15) is 87.5 Å². The molecule has 0 amide bonds. The number of methoxy groups -OCH3 is 1. The van der Waals surface area contributed by atoms with Crippen molar-refractivity contribution >= 4 is 8.32 Å². The smallest absolute Gasteiger partial charge is 0.192 e. The van der Waals surface area contributed by atoms with Gasteiger partial charge in [-0.3, -0.25) is 0 Å². The van der Waals surface area contributed by atoms with Crippen LogP contribution in [-0.4, -0.2) is 33.9 Å². The summed E-state index contributed by atoms with van der Waals surface area (Å²) < 4.78 is 18.0. The summed E-state index contributed by atoms with van der Waals surface area (Å²) in [6, 6.07) is 0. The van der Waals surface area contributed by atoms with Gasteiger partial charge in [-0.2, -0.15) is 0 Å². The molecule has 0 heterocycles. The minimum atomic E-state index is -1.73. The molecule has 0 saturated heterocycles. The third-order valence-electron chi connectivity index (χ3n) is 9.37. The quantitative estimate of drug-likeness (QED) is 0.203. The number of allylic oxidation sites excluding steroid dienone is 1. The number of hydrogen-bond donors (Lipinski definition) is 0. The van der Waals surface area contributed by atoms with E-state index in [2.05, 4.69) is 80.6 Å². The highest BCUT2D eigenvalue weighted by Crippen LogP contribution is 2.59. The average Bonchev–Trinajstić information content (AvgIpc) is 3.01. The van der Waals surface area contributed by atoms with E-state index in [9.17, 15) is 0 Å². The molecule has 2 aliphatic carbocycles. The summed E-state index contributed by atoms with van der Waals surface area (Å²) in [7, 11) is -0.0521. The molecular weight excluding hydrogens is 400 g/mol. The Morgan fingerprint density at radius 1 is 1.03 bits per heavy atom. The van der Waals surface area contributed by atoms with Gasteiger partial charge >= 0.3 is 0 Å². The Morgan fingerprint density at radius 3 is 2.26 bits per heavy atom. The molecule has 0 radical (unpaired) electrons. The fourth-order valence-electron chi connectivity index (χ4n) is 5.77. The summed E-state index contributed by atoms with van der Waals surface area (Å²) in [6.45, 7) is 23.9. The summed E-state index contributed by atoms with van der Waals surface area (Å²) in [5.41, 5.74) is 0.182. The normalized spacial score (nSPS) is 32.3. The zero-order chi connectivity index (χ0) is 23.7. The van der Waals surface area contributed by atoms with Crippen molar-refractivity contribution in [3.63, 3.8) is 0 Å². The lowest BCUT2D eigenvalue weighted by Crippen LogP contribution is -2.50. The van der Waals surface area contributed by atoms with Gasteiger partial charge in [0.15, 0.2) is 8.32 Å². The Bertz CT molecular complexity index is 606. The van der Waals surface area contributed by atoms with Crippen LogP contribution in [0.4, 0.5) is 0 Å². The van der Waals surface area contributed by atoms with Crippen LogP contribution in [0.3, 0.4) is 0 Å². The minimum absolute atomic E-state index is 0.221. The van der Waals surface area contributed by atoms with E-state index in [1.54, 1.807) is 7.11 Å². The fraction of sp³-hybridized carbons (Fsp3) is 0.926. The molecule has 0 aliphatic heterocycles. The van der Waals surface area contributed by atoms with E-state index < -0.39 is 8.32 Å². The highest BCUT2D eigenvalue weighted by Gasteiger charge is 2.54. The van der Waals surface area contributed by atoms with Crippen molar-refractivity contribution in [2.24, 2.45) is 29.1 Å². The maximum absolute atomic E-state index is 7.02. The van der Waals surface area contributed by atoms with Crippen molar-refractivity contribution in [1.29, 1.82) is 0 Å². The molecule has 3 nitrogen and oxygen atoms in total. The van der Waals surface area contributed by atoms with Gasteiger partial charge in [0.25, 0.3) is 0 Å². The van der Waals surface area contributed by atoms with Crippen LogP contribution in [0.5, 0.6) is 0 Å². The molecule has 0 N–H and O–H groups in total. The topological polar surface area (TPSA) is 27.7 Å². The monoisotopic (exact) mass is 452 g/mol. The van der Waals surface area contributed by atoms with Crippen LogP contribution in [0.2, 0.25) is 18.1 Å². The minimum Gasteiger partial charge on any atom is -0.414 e. The predicted molar refractivity (Wildman–Crippen MR) is 135 cm³/mol. The van der Waals surface area contributed by atoms with Crippen LogP contribution >= 0.6 is 0 Å². The molecule has 0 unspecified atom stereocenters. The van der Waals surface area contributed by atoms with Gasteiger partial charge in [-0.15, -0.1) is 0 Å². The Kier molecular flexibility index (Phi) is 8.73. The molecule has 2 aliphatic rings. The van der Waals surface area contributed by atoms with Crippen molar-refractivity contribution in [3.8, 4) is 0 Å². The van der Waals surface area contributed by atoms with Crippen molar-refractivity contribution in [2.75, 3.05) is 13.9 Å². The Labute approximate surface area is 194 Å². The molecule has 0 aromatic carbocycles. The maximum Gasteiger partial charge on any atom is 0.192 e. The molecule has 6 atom stereocenters. The summed E-state index contributed by atoms with van der Waals surface area (Å²) in [4.78, 5) is 0.